The molecule has 0 aromatic heterocycles. The van der Waals surface area contributed by atoms with Gasteiger partial charge in [0.1, 0.15) is 0 Å². The summed E-state index contributed by atoms with van der Waals surface area (Å²) in [7, 11) is 2.02. The first kappa shape index (κ1) is 14.1. The summed E-state index contributed by atoms with van der Waals surface area (Å²) in [5.74, 6) is 0. The summed E-state index contributed by atoms with van der Waals surface area (Å²) in [5, 5.41) is 8.85. The number of hydrogen-bond acceptors (Lipinski definition) is 3. The van der Waals surface area contributed by atoms with Crippen molar-refractivity contribution in [3.63, 3.8) is 0 Å². The quantitative estimate of drug-likeness (QED) is 0.916. The largest absolute Gasteiger partial charge is 0.344 e. The van der Waals surface area contributed by atoms with E-state index in [-0.39, 0.29) is 6.04 Å². The van der Waals surface area contributed by atoms with Gasteiger partial charge in [0.2, 0.25) is 0 Å². The molecule has 0 saturated heterocycles. The summed E-state index contributed by atoms with van der Waals surface area (Å²) in [5.41, 5.74) is 10.1. The predicted octanol–water partition coefficient (Wildman–Crippen LogP) is 3.74. The molecule has 3 nitrogen and oxygen atoms in total. The molecule has 0 saturated carbocycles. The minimum Gasteiger partial charge on any atom is -0.344 e. The molecule has 1 atom stereocenters. The Hall–Kier alpha value is -2.31. The fourth-order valence-corrected chi connectivity index (χ4v) is 2.23. The lowest BCUT2D eigenvalue weighted by molar-refractivity contribution is 0.698. The third kappa shape index (κ3) is 2.81. The Morgan fingerprint density at radius 2 is 1.80 bits per heavy atom. The molecule has 2 aromatic rings. The molecule has 3 heteroatoms. The van der Waals surface area contributed by atoms with Gasteiger partial charge >= 0.3 is 0 Å². The maximum absolute atomic E-state index is 8.85. The number of rotatable bonds is 4. The van der Waals surface area contributed by atoms with Crippen LogP contribution in [0, 0.1) is 11.3 Å². The lowest BCUT2D eigenvalue weighted by Crippen LogP contribution is -2.16. The second-order valence-electron chi connectivity index (χ2n) is 4.79. The molecule has 0 aliphatic heterocycles. The molecule has 0 amide bonds. The van der Waals surface area contributed by atoms with Crippen LogP contribution in [-0.2, 0) is 0 Å². The van der Waals surface area contributed by atoms with Gasteiger partial charge in [-0.3, -0.25) is 0 Å². The number of nitriles is 1. The monoisotopic (exact) mass is 265 g/mol. The third-order valence-electron chi connectivity index (χ3n) is 3.52. The van der Waals surface area contributed by atoms with Gasteiger partial charge in [0.25, 0.3) is 0 Å². The lowest BCUT2D eigenvalue weighted by Gasteiger charge is -2.25. The Morgan fingerprint density at radius 1 is 1.15 bits per heavy atom. The Balaban J connectivity index is 2.37. The number of hydrogen-bond donors (Lipinski definition) is 1. The molecule has 2 N–H and O–H groups in total. The van der Waals surface area contributed by atoms with Gasteiger partial charge in [-0.1, -0.05) is 25.1 Å². The Bertz CT molecular complexity index is 611. The molecule has 0 fully saturated rings. The summed E-state index contributed by atoms with van der Waals surface area (Å²) in [6.45, 7) is 2.09. The summed E-state index contributed by atoms with van der Waals surface area (Å²) in [4.78, 5) is 2.10. The van der Waals surface area contributed by atoms with E-state index in [1.165, 1.54) is 0 Å². The molecule has 0 radical (unpaired) electrons. The minimum atomic E-state index is 0.0343. The van der Waals surface area contributed by atoms with Crippen molar-refractivity contribution < 1.29 is 0 Å². The van der Waals surface area contributed by atoms with Gasteiger partial charge in [-0.15, -0.1) is 0 Å². The van der Waals surface area contributed by atoms with Crippen molar-refractivity contribution in [2.75, 3.05) is 11.9 Å². The number of anilines is 2. The molecule has 2 aromatic carbocycles. The van der Waals surface area contributed by atoms with Crippen LogP contribution in [0.1, 0.15) is 30.5 Å². The maximum atomic E-state index is 8.85. The summed E-state index contributed by atoms with van der Waals surface area (Å²) in [6, 6.07) is 17.9. The van der Waals surface area contributed by atoms with Crippen LogP contribution in [0.3, 0.4) is 0 Å². The molecular formula is C17H19N3. The van der Waals surface area contributed by atoms with Crippen molar-refractivity contribution in [3.8, 4) is 6.07 Å². The van der Waals surface area contributed by atoms with Gasteiger partial charge in [0, 0.05) is 24.5 Å². The van der Waals surface area contributed by atoms with Crippen molar-refractivity contribution in [1.82, 2.24) is 0 Å². The van der Waals surface area contributed by atoms with Crippen molar-refractivity contribution in [3.05, 3.63) is 59.7 Å². The van der Waals surface area contributed by atoms with Gasteiger partial charge < -0.3 is 10.6 Å². The summed E-state index contributed by atoms with van der Waals surface area (Å²) in [6.07, 6.45) is 0.901. The molecule has 102 valence electrons. The van der Waals surface area contributed by atoms with Crippen molar-refractivity contribution in [1.29, 1.82) is 5.26 Å². The highest BCUT2D eigenvalue weighted by Gasteiger charge is 2.13. The van der Waals surface area contributed by atoms with Crippen molar-refractivity contribution >= 4 is 11.4 Å². The van der Waals surface area contributed by atoms with E-state index in [2.05, 4.69) is 30.0 Å². The second-order valence-corrected chi connectivity index (χ2v) is 4.79. The van der Waals surface area contributed by atoms with Crippen LogP contribution in [0.15, 0.2) is 48.5 Å². The minimum absolute atomic E-state index is 0.0343. The zero-order chi connectivity index (χ0) is 14.5. The smallest absolute Gasteiger partial charge is 0.0991 e. The predicted molar refractivity (Wildman–Crippen MR) is 82.9 cm³/mol. The van der Waals surface area contributed by atoms with E-state index >= 15 is 0 Å². The number of para-hydroxylation sites is 1. The normalized spacial score (nSPS) is 11.7. The van der Waals surface area contributed by atoms with E-state index in [1.807, 2.05) is 43.4 Å². The molecule has 0 heterocycles. The molecule has 20 heavy (non-hydrogen) atoms. The van der Waals surface area contributed by atoms with Crippen molar-refractivity contribution in [2.24, 2.45) is 5.73 Å². The van der Waals surface area contributed by atoms with Gasteiger partial charge in [-0.2, -0.15) is 5.26 Å². The van der Waals surface area contributed by atoms with Crippen LogP contribution in [0.2, 0.25) is 0 Å². The third-order valence-corrected chi connectivity index (χ3v) is 3.52. The number of benzene rings is 2. The maximum Gasteiger partial charge on any atom is 0.0991 e. The van der Waals surface area contributed by atoms with E-state index in [9.17, 15) is 0 Å². The average Bonchev–Trinajstić information content (AvgIpc) is 2.53. The van der Waals surface area contributed by atoms with E-state index in [0.29, 0.717) is 5.56 Å². The van der Waals surface area contributed by atoms with Crippen LogP contribution < -0.4 is 10.6 Å². The SMILES string of the molecule is CC[C@@H](N)c1ccccc1N(C)c1ccc(C#N)cc1. The van der Waals surface area contributed by atoms with Crippen LogP contribution in [-0.4, -0.2) is 7.05 Å². The highest BCUT2D eigenvalue weighted by Crippen LogP contribution is 2.31. The van der Waals surface area contributed by atoms with Crippen LogP contribution in [0.25, 0.3) is 0 Å². The fourth-order valence-electron chi connectivity index (χ4n) is 2.23. The zero-order valence-electron chi connectivity index (χ0n) is 11.9. The summed E-state index contributed by atoms with van der Waals surface area (Å²) >= 11 is 0. The Morgan fingerprint density at radius 3 is 2.40 bits per heavy atom. The zero-order valence-corrected chi connectivity index (χ0v) is 11.9. The molecule has 0 bridgehead atoms. The average molecular weight is 265 g/mol. The van der Waals surface area contributed by atoms with Gasteiger partial charge in [-0.05, 0) is 42.3 Å². The first-order chi connectivity index (χ1) is 9.67. The fraction of sp³-hybridized carbons (Fsp3) is 0.235. The summed E-state index contributed by atoms with van der Waals surface area (Å²) < 4.78 is 0. The first-order valence-electron chi connectivity index (χ1n) is 6.75. The molecule has 2 rings (SSSR count). The topological polar surface area (TPSA) is 53.0 Å². The molecule has 0 unspecified atom stereocenters. The van der Waals surface area contributed by atoms with E-state index in [0.717, 1.165) is 23.4 Å². The highest BCUT2D eigenvalue weighted by molar-refractivity contribution is 5.66. The highest BCUT2D eigenvalue weighted by atomic mass is 15.1. The molecule has 0 aliphatic carbocycles. The van der Waals surface area contributed by atoms with Gasteiger partial charge in [-0.25, -0.2) is 0 Å². The van der Waals surface area contributed by atoms with E-state index in [4.69, 9.17) is 11.0 Å². The standard InChI is InChI=1S/C17H19N3/c1-3-16(19)15-6-4-5-7-17(15)20(2)14-10-8-13(12-18)9-11-14/h4-11,16H,3,19H2,1-2H3/t16-/m1/s1. The Kier molecular flexibility index (Phi) is 4.39. The van der Waals surface area contributed by atoms with Crippen LogP contribution in [0.4, 0.5) is 11.4 Å². The van der Waals surface area contributed by atoms with Crippen molar-refractivity contribution in [2.45, 2.75) is 19.4 Å². The number of nitrogens with zero attached hydrogens (tertiary/aromatic N) is 2. The Labute approximate surface area is 120 Å². The molecular weight excluding hydrogens is 246 g/mol. The number of nitrogens with two attached hydrogens (primary N) is 1. The van der Waals surface area contributed by atoms with Gasteiger partial charge in [0.05, 0.1) is 11.6 Å². The van der Waals surface area contributed by atoms with E-state index < -0.39 is 0 Å². The second kappa shape index (κ2) is 6.23. The van der Waals surface area contributed by atoms with Crippen LogP contribution >= 0.6 is 0 Å². The van der Waals surface area contributed by atoms with Gasteiger partial charge in [0.15, 0.2) is 0 Å². The molecule has 0 aliphatic rings. The van der Waals surface area contributed by atoms with E-state index in [1.54, 1.807) is 0 Å². The first-order valence-corrected chi connectivity index (χ1v) is 6.75. The van der Waals surface area contributed by atoms with Crippen LogP contribution in [0.5, 0.6) is 0 Å². The molecule has 0 spiro atoms. The lowest BCUT2D eigenvalue weighted by atomic mass is 10.0.